The molecule has 8 nitrogen and oxygen atoms in total. The number of allylic oxidation sites excluding steroid dienone is 1. The van der Waals surface area contributed by atoms with E-state index in [4.69, 9.17) is 18.5 Å². The van der Waals surface area contributed by atoms with Crippen LogP contribution in [0.25, 0.3) is 0 Å². The van der Waals surface area contributed by atoms with Crippen LogP contribution in [0.3, 0.4) is 0 Å². The number of phosphoric ester groups is 1. The Kier molecular flexibility index (Phi) is 42.1. The number of esters is 1. The Morgan fingerprint density at radius 3 is 1.28 bits per heavy atom. The Bertz CT molecular complexity index is 940. The summed E-state index contributed by atoms with van der Waals surface area (Å²) in [6.45, 7) is 4.79. The van der Waals surface area contributed by atoms with Crippen molar-refractivity contribution in [1.29, 1.82) is 0 Å². The molecular formula is C49H98NO7P. The van der Waals surface area contributed by atoms with Gasteiger partial charge in [0.15, 0.2) is 6.10 Å². The number of hydrogen-bond acceptors (Lipinski definition) is 7. The van der Waals surface area contributed by atoms with Gasteiger partial charge in [-0.25, -0.2) is 0 Å². The first kappa shape index (κ1) is 57.1. The molecular weight excluding hydrogens is 746 g/mol. The van der Waals surface area contributed by atoms with Crippen LogP contribution in [0.1, 0.15) is 245 Å². The lowest BCUT2D eigenvalue weighted by Gasteiger charge is -2.28. The van der Waals surface area contributed by atoms with Gasteiger partial charge in [0, 0.05) is 6.42 Å². The highest BCUT2D eigenvalue weighted by molar-refractivity contribution is 7.45. The molecule has 0 aliphatic heterocycles. The summed E-state index contributed by atoms with van der Waals surface area (Å²) in [5.74, 6) is -0.350. The Balaban J connectivity index is 4.17. The number of carbonyl (C=O) groups is 1. The van der Waals surface area contributed by atoms with Crippen molar-refractivity contribution in [2.75, 3.05) is 47.5 Å². The molecule has 0 aliphatic carbocycles. The van der Waals surface area contributed by atoms with E-state index in [9.17, 15) is 14.3 Å². The highest BCUT2D eigenvalue weighted by Crippen LogP contribution is 2.38. The third-order valence-electron chi connectivity index (χ3n) is 11.2. The second-order valence-corrected chi connectivity index (χ2v) is 19.7. The van der Waals surface area contributed by atoms with E-state index in [1.807, 2.05) is 27.2 Å². The maximum absolute atomic E-state index is 12.7. The molecule has 0 rings (SSSR count). The Hall–Kier alpha value is -0.920. The monoisotopic (exact) mass is 844 g/mol. The molecule has 9 heteroatoms. The predicted octanol–water partition coefficient (Wildman–Crippen LogP) is 14.7. The second kappa shape index (κ2) is 42.8. The standard InChI is InChI=1S/C49H98NO7P/c1-6-8-10-12-14-16-18-20-22-24-26-28-30-32-34-36-38-40-42-49(51)57-48(47-56-58(52,53)55-45-43-50(3,4)5)46-54-44-41-39-37-35-33-31-29-27-25-23-21-19-17-15-13-11-9-7-2/h41,44,48H,6-40,42-43,45-47H2,1-5H3/b44-41-/t48-/m1/s1. The van der Waals surface area contributed by atoms with Crippen LogP contribution in [-0.4, -0.2) is 64.1 Å². The van der Waals surface area contributed by atoms with Crippen LogP contribution in [0, 0.1) is 0 Å². The minimum absolute atomic E-state index is 0.0205. The number of hydrogen-bond donors (Lipinski definition) is 0. The molecule has 0 spiro atoms. The minimum atomic E-state index is -4.54. The number of carbonyl (C=O) groups excluding carboxylic acids is 1. The van der Waals surface area contributed by atoms with E-state index < -0.39 is 13.9 Å². The van der Waals surface area contributed by atoms with E-state index in [0.29, 0.717) is 17.4 Å². The molecule has 0 amide bonds. The van der Waals surface area contributed by atoms with Crippen molar-refractivity contribution in [2.45, 2.75) is 251 Å². The number of phosphoric acid groups is 1. The fourth-order valence-corrected chi connectivity index (χ4v) is 8.01. The summed E-state index contributed by atoms with van der Waals surface area (Å²) in [7, 11) is 1.34. The molecule has 58 heavy (non-hydrogen) atoms. The number of quaternary nitrogens is 1. The maximum Gasteiger partial charge on any atom is 0.306 e. The van der Waals surface area contributed by atoms with Gasteiger partial charge in [-0.05, 0) is 25.3 Å². The van der Waals surface area contributed by atoms with Crippen molar-refractivity contribution < 1.29 is 37.3 Å². The van der Waals surface area contributed by atoms with Gasteiger partial charge >= 0.3 is 5.97 Å². The van der Waals surface area contributed by atoms with Crippen molar-refractivity contribution in [3.63, 3.8) is 0 Å². The predicted molar refractivity (Wildman–Crippen MR) is 245 cm³/mol. The third-order valence-corrected chi connectivity index (χ3v) is 12.1. The topological polar surface area (TPSA) is 94.1 Å². The molecule has 0 radical (unpaired) electrons. The molecule has 0 aromatic rings. The number of likely N-dealkylation sites (N-methyl/N-ethyl adjacent to an activating group) is 1. The molecule has 346 valence electrons. The third kappa shape index (κ3) is 46.2. The van der Waals surface area contributed by atoms with E-state index in [-0.39, 0.29) is 25.8 Å². The lowest BCUT2D eigenvalue weighted by atomic mass is 10.0. The molecule has 2 atom stereocenters. The molecule has 0 saturated carbocycles. The van der Waals surface area contributed by atoms with Gasteiger partial charge in [-0.2, -0.15) is 0 Å². The SMILES string of the molecule is CCCCCCCCCCCCCCCCCC/C=C\OC[C@H](COP(=O)([O-])OCC[N+](C)(C)C)OC(=O)CCCCCCCCCCCCCCCCCCCC. The van der Waals surface area contributed by atoms with E-state index in [1.165, 1.54) is 193 Å². The van der Waals surface area contributed by atoms with E-state index >= 15 is 0 Å². The van der Waals surface area contributed by atoms with E-state index in [0.717, 1.165) is 32.1 Å². The van der Waals surface area contributed by atoms with Gasteiger partial charge in [0.1, 0.15) is 19.8 Å². The first-order valence-corrected chi connectivity index (χ1v) is 26.4. The lowest BCUT2D eigenvalue weighted by Crippen LogP contribution is -2.37. The van der Waals surface area contributed by atoms with Gasteiger partial charge < -0.3 is 27.9 Å². The van der Waals surface area contributed by atoms with Gasteiger partial charge in [0.2, 0.25) is 0 Å². The van der Waals surface area contributed by atoms with Crippen LogP contribution in [0.4, 0.5) is 0 Å². The van der Waals surface area contributed by atoms with Crippen LogP contribution in [0.5, 0.6) is 0 Å². The summed E-state index contributed by atoms with van der Waals surface area (Å²) in [5, 5.41) is 0. The van der Waals surface area contributed by atoms with Crippen LogP contribution in [0.15, 0.2) is 12.3 Å². The molecule has 0 saturated heterocycles. The van der Waals surface area contributed by atoms with Crippen LogP contribution in [-0.2, 0) is 27.9 Å². The molecule has 0 aromatic carbocycles. The van der Waals surface area contributed by atoms with Crippen molar-refractivity contribution in [3.05, 3.63) is 12.3 Å². The fourth-order valence-electron chi connectivity index (χ4n) is 7.28. The zero-order chi connectivity index (χ0) is 42.7. The van der Waals surface area contributed by atoms with Gasteiger partial charge in [0.25, 0.3) is 7.82 Å². The van der Waals surface area contributed by atoms with E-state index in [1.54, 1.807) is 6.26 Å². The summed E-state index contributed by atoms with van der Waals surface area (Å²) in [6.07, 6.45) is 48.9. The van der Waals surface area contributed by atoms with Crippen molar-refractivity contribution >= 4 is 13.8 Å². The highest BCUT2D eigenvalue weighted by atomic mass is 31.2. The summed E-state index contributed by atoms with van der Waals surface area (Å²) >= 11 is 0. The minimum Gasteiger partial charge on any atom is -0.756 e. The van der Waals surface area contributed by atoms with Crippen molar-refractivity contribution in [2.24, 2.45) is 0 Å². The average molecular weight is 844 g/mol. The maximum atomic E-state index is 12.7. The Morgan fingerprint density at radius 1 is 0.534 bits per heavy atom. The summed E-state index contributed by atoms with van der Waals surface area (Å²) in [6, 6.07) is 0. The molecule has 0 N–H and O–H groups in total. The lowest BCUT2D eigenvalue weighted by molar-refractivity contribution is -0.870. The average Bonchev–Trinajstić information content (AvgIpc) is 3.18. The first-order chi connectivity index (χ1) is 28.1. The number of rotatable bonds is 47. The van der Waals surface area contributed by atoms with Gasteiger partial charge in [-0.1, -0.05) is 219 Å². The van der Waals surface area contributed by atoms with E-state index in [2.05, 4.69) is 13.8 Å². The van der Waals surface area contributed by atoms with Gasteiger partial charge in [-0.3, -0.25) is 9.36 Å². The fraction of sp³-hybridized carbons (Fsp3) is 0.939. The summed E-state index contributed by atoms with van der Waals surface area (Å²) in [5.41, 5.74) is 0. The van der Waals surface area contributed by atoms with Crippen LogP contribution in [0.2, 0.25) is 0 Å². The second-order valence-electron chi connectivity index (χ2n) is 18.3. The van der Waals surface area contributed by atoms with Crippen LogP contribution >= 0.6 is 7.82 Å². The van der Waals surface area contributed by atoms with Gasteiger partial charge in [-0.15, -0.1) is 0 Å². The zero-order valence-corrected chi connectivity index (χ0v) is 40.2. The molecule has 0 fully saturated rings. The summed E-state index contributed by atoms with van der Waals surface area (Å²) < 4.78 is 34.5. The quantitative estimate of drug-likeness (QED) is 0.0198. The normalized spacial score (nSPS) is 13.6. The van der Waals surface area contributed by atoms with Crippen molar-refractivity contribution in [1.82, 2.24) is 0 Å². The van der Waals surface area contributed by atoms with Crippen molar-refractivity contribution in [3.8, 4) is 0 Å². The van der Waals surface area contributed by atoms with Gasteiger partial charge in [0.05, 0.1) is 34.0 Å². The smallest absolute Gasteiger partial charge is 0.306 e. The Morgan fingerprint density at radius 2 is 0.897 bits per heavy atom. The first-order valence-electron chi connectivity index (χ1n) is 25.0. The molecule has 0 bridgehead atoms. The molecule has 0 aliphatic rings. The number of unbranched alkanes of at least 4 members (excludes halogenated alkanes) is 33. The summed E-state index contributed by atoms with van der Waals surface area (Å²) in [4.78, 5) is 25.1. The Labute approximate surface area is 360 Å². The largest absolute Gasteiger partial charge is 0.756 e. The van der Waals surface area contributed by atoms with Crippen LogP contribution < -0.4 is 4.89 Å². The molecule has 1 unspecified atom stereocenters. The highest BCUT2D eigenvalue weighted by Gasteiger charge is 2.20. The zero-order valence-electron chi connectivity index (χ0n) is 39.3. The molecule has 0 heterocycles. The number of ether oxygens (including phenoxy) is 2. The molecule has 0 aromatic heterocycles. The number of nitrogens with zero attached hydrogens (tertiary/aromatic N) is 1.